The van der Waals surface area contributed by atoms with E-state index in [-0.39, 0.29) is 5.91 Å². The van der Waals surface area contributed by atoms with Crippen molar-refractivity contribution >= 4 is 17.3 Å². The van der Waals surface area contributed by atoms with Crippen molar-refractivity contribution in [3.63, 3.8) is 0 Å². The first-order valence-electron chi connectivity index (χ1n) is 7.46. The fourth-order valence-corrected chi connectivity index (χ4v) is 2.81. The predicted octanol–water partition coefficient (Wildman–Crippen LogP) is 1.75. The Hall–Kier alpha value is -1.59. The van der Waals surface area contributed by atoms with Crippen LogP contribution >= 0.6 is 0 Å². The van der Waals surface area contributed by atoms with Crippen molar-refractivity contribution in [2.45, 2.75) is 38.7 Å². The standard InChI is InChI=1S/C16H25N3O2/c1-12-10-13(17)4-5-14(12)18-15(20)6-9-19-8-3-7-16(2,21)11-19/h4-5,10,21H,3,6-9,11,17H2,1-2H3,(H,18,20). The van der Waals surface area contributed by atoms with Crippen LogP contribution in [0.2, 0.25) is 0 Å². The number of anilines is 2. The van der Waals surface area contributed by atoms with E-state index in [9.17, 15) is 9.90 Å². The quantitative estimate of drug-likeness (QED) is 0.739. The van der Waals surface area contributed by atoms with Crippen LogP contribution in [-0.4, -0.2) is 41.1 Å². The minimum absolute atomic E-state index is 0.00640. The summed E-state index contributed by atoms with van der Waals surface area (Å²) in [6, 6.07) is 5.45. The summed E-state index contributed by atoms with van der Waals surface area (Å²) in [7, 11) is 0. The summed E-state index contributed by atoms with van der Waals surface area (Å²) in [6.07, 6.45) is 2.24. The molecule has 116 valence electrons. The summed E-state index contributed by atoms with van der Waals surface area (Å²) in [4.78, 5) is 14.2. The van der Waals surface area contributed by atoms with E-state index in [0.717, 1.165) is 30.6 Å². The lowest BCUT2D eigenvalue weighted by Crippen LogP contribution is -2.46. The molecule has 21 heavy (non-hydrogen) atoms. The van der Waals surface area contributed by atoms with E-state index in [0.29, 0.717) is 25.2 Å². The van der Waals surface area contributed by atoms with Crippen molar-refractivity contribution in [3.05, 3.63) is 23.8 Å². The van der Waals surface area contributed by atoms with Gasteiger partial charge in [0.25, 0.3) is 0 Å². The maximum absolute atomic E-state index is 12.0. The van der Waals surface area contributed by atoms with Gasteiger partial charge in [-0.15, -0.1) is 0 Å². The number of aryl methyl sites for hydroxylation is 1. The van der Waals surface area contributed by atoms with Crippen LogP contribution in [0.3, 0.4) is 0 Å². The van der Waals surface area contributed by atoms with Crippen LogP contribution < -0.4 is 11.1 Å². The number of benzene rings is 1. The molecule has 0 aromatic heterocycles. The summed E-state index contributed by atoms with van der Waals surface area (Å²) >= 11 is 0. The Morgan fingerprint density at radius 1 is 1.52 bits per heavy atom. The lowest BCUT2D eigenvalue weighted by atomic mass is 9.95. The SMILES string of the molecule is Cc1cc(N)ccc1NC(=O)CCN1CCCC(C)(O)C1. The number of carbonyl (C=O) groups excluding carboxylic acids is 1. The van der Waals surface area contributed by atoms with E-state index in [1.807, 2.05) is 26.0 Å². The number of nitrogens with one attached hydrogen (secondary N) is 1. The molecule has 1 heterocycles. The Morgan fingerprint density at radius 2 is 2.29 bits per heavy atom. The zero-order valence-corrected chi connectivity index (χ0v) is 12.9. The van der Waals surface area contributed by atoms with Gasteiger partial charge in [-0.3, -0.25) is 9.69 Å². The van der Waals surface area contributed by atoms with Crippen LogP contribution in [0.1, 0.15) is 31.7 Å². The first kappa shape index (κ1) is 15.8. The van der Waals surface area contributed by atoms with Gasteiger partial charge in [-0.05, 0) is 57.0 Å². The molecule has 1 aromatic rings. The highest BCUT2D eigenvalue weighted by atomic mass is 16.3. The van der Waals surface area contributed by atoms with E-state index in [1.54, 1.807) is 6.07 Å². The number of piperidine rings is 1. The van der Waals surface area contributed by atoms with Gasteiger partial charge in [0.2, 0.25) is 5.91 Å². The van der Waals surface area contributed by atoms with E-state index < -0.39 is 5.60 Å². The van der Waals surface area contributed by atoms with Gasteiger partial charge in [0, 0.05) is 30.9 Å². The second-order valence-electron chi connectivity index (χ2n) is 6.25. The van der Waals surface area contributed by atoms with Gasteiger partial charge in [-0.1, -0.05) is 0 Å². The molecule has 1 amide bonds. The lowest BCUT2D eigenvalue weighted by molar-refractivity contribution is -0.117. The maximum atomic E-state index is 12.0. The number of likely N-dealkylation sites (tertiary alicyclic amines) is 1. The highest BCUT2D eigenvalue weighted by Crippen LogP contribution is 2.21. The Bertz CT molecular complexity index is 514. The fraction of sp³-hybridized carbons (Fsp3) is 0.562. The molecule has 1 unspecified atom stereocenters. The van der Waals surface area contributed by atoms with Crippen molar-refractivity contribution in [1.29, 1.82) is 0 Å². The van der Waals surface area contributed by atoms with Gasteiger partial charge >= 0.3 is 0 Å². The number of rotatable bonds is 4. The number of amides is 1. The van der Waals surface area contributed by atoms with Crippen LogP contribution in [0, 0.1) is 6.92 Å². The number of carbonyl (C=O) groups is 1. The Kier molecular flexibility index (Phi) is 4.85. The van der Waals surface area contributed by atoms with Crippen molar-refractivity contribution in [3.8, 4) is 0 Å². The topological polar surface area (TPSA) is 78.6 Å². The van der Waals surface area contributed by atoms with Gasteiger partial charge in [0.05, 0.1) is 5.60 Å². The number of hydrogen-bond acceptors (Lipinski definition) is 4. The van der Waals surface area contributed by atoms with Crippen LogP contribution in [0.5, 0.6) is 0 Å². The first-order chi connectivity index (χ1) is 9.85. The van der Waals surface area contributed by atoms with E-state index in [4.69, 9.17) is 5.73 Å². The molecular weight excluding hydrogens is 266 g/mol. The van der Waals surface area contributed by atoms with E-state index >= 15 is 0 Å². The number of nitrogens with two attached hydrogens (primary N) is 1. The second-order valence-corrected chi connectivity index (χ2v) is 6.25. The van der Waals surface area contributed by atoms with Crippen LogP contribution in [0.25, 0.3) is 0 Å². The van der Waals surface area contributed by atoms with Crippen molar-refractivity contribution in [1.82, 2.24) is 4.90 Å². The summed E-state index contributed by atoms with van der Waals surface area (Å²) in [5.74, 6) is -0.00640. The van der Waals surface area contributed by atoms with E-state index in [1.165, 1.54) is 0 Å². The average Bonchev–Trinajstić information content (AvgIpc) is 2.39. The molecule has 1 aromatic carbocycles. The third kappa shape index (κ3) is 4.72. The zero-order chi connectivity index (χ0) is 15.5. The summed E-state index contributed by atoms with van der Waals surface area (Å²) in [6.45, 7) is 6.05. The number of aliphatic hydroxyl groups is 1. The maximum Gasteiger partial charge on any atom is 0.225 e. The minimum atomic E-state index is -0.623. The van der Waals surface area contributed by atoms with Gasteiger partial charge < -0.3 is 16.2 Å². The summed E-state index contributed by atoms with van der Waals surface area (Å²) in [5, 5.41) is 13.0. The molecule has 5 nitrogen and oxygen atoms in total. The number of β-amino-alcohol motifs (C(OH)–C–C–N with tert-alkyl or cyclic N) is 1. The van der Waals surface area contributed by atoms with Crippen molar-refractivity contribution in [2.75, 3.05) is 30.7 Å². The molecule has 2 rings (SSSR count). The monoisotopic (exact) mass is 291 g/mol. The number of nitrogens with zero attached hydrogens (tertiary/aromatic N) is 1. The Morgan fingerprint density at radius 3 is 2.95 bits per heavy atom. The van der Waals surface area contributed by atoms with Crippen LogP contribution in [0.4, 0.5) is 11.4 Å². The third-order valence-corrected chi connectivity index (χ3v) is 3.93. The Labute approximate surface area is 126 Å². The normalized spacial score (nSPS) is 23.0. The van der Waals surface area contributed by atoms with Crippen LogP contribution in [-0.2, 0) is 4.79 Å². The third-order valence-electron chi connectivity index (χ3n) is 3.93. The molecule has 0 spiro atoms. The average molecular weight is 291 g/mol. The molecule has 0 bridgehead atoms. The minimum Gasteiger partial charge on any atom is -0.399 e. The molecule has 1 fully saturated rings. The van der Waals surface area contributed by atoms with Crippen LogP contribution in [0.15, 0.2) is 18.2 Å². The molecule has 1 atom stereocenters. The summed E-state index contributed by atoms with van der Waals surface area (Å²) in [5.41, 5.74) is 7.54. The fourth-order valence-electron chi connectivity index (χ4n) is 2.81. The highest BCUT2D eigenvalue weighted by molar-refractivity contribution is 5.91. The Balaban J connectivity index is 1.82. The molecule has 0 aliphatic carbocycles. The number of nitrogen functional groups attached to an aromatic ring is 1. The van der Waals surface area contributed by atoms with Gasteiger partial charge in [0.15, 0.2) is 0 Å². The van der Waals surface area contributed by atoms with Gasteiger partial charge in [0.1, 0.15) is 0 Å². The molecule has 1 saturated heterocycles. The van der Waals surface area contributed by atoms with Crippen molar-refractivity contribution < 1.29 is 9.90 Å². The van der Waals surface area contributed by atoms with E-state index in [2.05, 4.69) is 10.2 Å². The molecule has 1 aliphatic rings. The number of hydrogen-bond donors (Lipinski definition) is 3. The molecule has 0 saturated carbocycles. The molecule has 5 heteroatoms. The molecule has 4 N–H and O–H groups in total. The molecule has 1 aliphatic heterocycles. The largest absolute Gasteiger partial charge is 0.399 e. The lowest BCUT2D eigenvalue weighted by Gasteiger charge is -2.36. The van der Waals surface area contributed by atoms with Gasteiger partial charge in [-0.2, -0.15) is 0 Å². The van der Waals surface area contributed by atoms with Gasteiger partial charge in [-0.25, -0.2) is 0 Å². The second kappa shape index (κ2) is 6.45. The smallest absolute Gasteiger partial charge is 0.225 e. The molecule has 0 radical (unpaired) electrons. The first-order valence-corrected chi connectivity index (χ1v) is 7.46. The molecular formula is C16H25N3O2. The zero-order valence-electron chi connectivity index (χ0n) is 12.9. The highest BCUT2D eigenvalue weighted by Gasteiger charge is 2.28. The summed E-state index contributed by atoms with van der Waals surface area (Å²) < 4.78 is 0. The predicted molar refractivity (Wildman–Crippen MR) is 85.1 cm³/mol. The van der Waals surface area contributed by atoms with Crippen molar-refractivity contribution in [2.24, 2.45) is 0 Å².